The van der Waals surface area contributed by atoms with Crippen LogP contribution in [0.15, 0.2) is 66.7 Å². The van der Waals surface area contributed by atoms with E-state index >= 15 is 0 Å². The van der Waals surface area contributed by atoms with Gasteiger partial charge in [-0.15, -0.1) is 0 Å². The van der Waals surface area contributed by atoms with Crippen molar-refractivity contribution >= 4 is 29.1 Å². The average molecular weight is 418 g/mol. The van der Waals surface area contributed by atoms with Crippen molar-refractivity contribution in [2.45, 2.75) is 26.0 Å². The van der Waals surface area contributed by atoms with Crippen molar-refractivity contribution in [3.8, 4) is 17.2 Å². The van der Waals surface area contributed by atoms with E-state index in [1.54, 1.807) is 50.2 Å². The Balaban J connectivity index is 1.48. The Morgan fingerprint density at radius 3 is 2.48 bits per heavy atom. The highest BCUT2D eigenvalue weighted by molar-refractivity contribution is 6.07. The lowest BCUT2D eigenvalue weighted by atomic mass is 10.1. The molecule has 0 fully saturated rings. The molecule has 2 atom stereocenters. The Labute approximate surface area is 179 Å². The fourth-order valence-electron chi connectivity index (χ4n) is 3.23. The van der Waals surface area contributed by atoms with Crippen LogP contribution in [0.4, 0.5) is 17.3 Å². The van der Waals surface area contributed by atoms with Gasteiger partial charge in [-0.2, -0.15) is 0 Å². The maximum absolute atomic E-state index is 12.9. The molecule has 8 heteroatoms. The van der Waals surface area contributed by atoms with Gasteiger partial charge in [0, 0.05) is 5.69 Å². The lowest BCUT2D eigenvalue weighted by molar-refractivity contribution is -0.128. The zero-order chi connectivity index (χ0) is 22.0. The van der Waals surface area contributed by atoms with E-state index in [2.05, 4.69) is 10.3 Å². The molecule has 1 aliphatic rings. The number of hydrogen-bond acceptors (Lipinski definition) is 6. The second-order valence-electron chi connectivity index (χ2n) is 7.13. The smallest absolute Gasteiger partial charge is 0.269 e. The quantitative estimate of drug-likeness (QED) is 0.656. The van der Waals surface area contributed by atoms with Crippen molar-refractivity contribution in [1.29, 1.82) is 0 Å². The fourth-order valence-corrected chi connectivity index (χ4v) is 3.23. The van der Waals surface area contributed by atoms with E-state index in [-0.39, 0.29) is 23.5 Å². The molecule has 2 aromatic carbocycles. The molecule has 0 aliphatic carbocycles. The number of pyridine rings is 1. The average Bonchev–Trinajstić information content (AvgIpc) is 2.77. The molecular formula is C23H22N4O4. The van der Waals surface area contributed by atoms with E-state index in [0.29, 0.717) is 17.2 Å². The van der Waals surface area contributed by atoms with Crippen molar-refractivity contribution in [2.75, 3.05) is 16.0 Å². The Morgan fingerprint density at radius 1 is 1.10 bits per heavy atom. The molecule has 2 amide bonds. The third-order valence-corrected chi connectivity index (χ3v) is 4.85. The Morgan fingerprint density at radius 2 is 1.77 bits per heavy atom. The first-order chi connectivity index (χ1) is 14.9. The Hall–Kier alpha value is -4.07. The first kappa shape index (κ1) is 20.2. The molecule has 2 heterocycles. The number of para-hydroxylation sites is 1. The van der Waals surface area contributed by atoms with Gasteiger partial charge < -0.3 is 20.5 Å². The SMILES string of the molecule is CC1Oc2ccc(N)nc2N(C(C)C(=O)Nc2ccc(Oc3ccccc3)cc2)C1=O. The second kappa shape index (κ2) is 8.35. The highest BCUT2D eigenvalue weighted by Gasteiger charge is 2.38. The highest BCUT2D eigenvalue weighted by atomic mass is 16.5. The highest BCUT2D eigenvalue weighted by Crippen LogP contribution is 2.34. The van der Waals surface area contributed by atoms with Crippen LogP contribution in [-0.2, 0) is 9.59 Å². The van der Waals surface area contributed by atoms with Crippen LogP contribution in [0.25, 0.3) is 0 Å². The maximum Gasteiger partial charge on any atom is 0.269 e. The van der Waals surface area contributed by atoms with Crippen LogP contribution in [0, 0.1) is 0 Å². The van der Waals surface area contributed by atoms with Crippen molar-refractivity contribution < 1.29 is 19.1 Å². The molecule has 8 nitrogen and oxygen atoms in total. The number of rotatable bonds is 5. The van der Waals surface area contributed by atoms with E-state index in [1.165, 1.54) is 4.90 Å². The van der Waals surface area contributed by atoms with Gasteiger partial charge >= 0.3 is 0 Å². The molecule has 1 aliphatic heterocycles. The number of nitrogens with zero attached hydrogens (tertiary/aromatic N) is 2. The van der Waals surface area contributed by atoms with Crippen molar-refractivity contribution in [3.05, 3.63) is 66.7 Å². The van der Waals surface area contributed by atoms with Crippen LogP contribution in [0.5, 0.6) is 17.2 Å². The molecule has 1 aromatic heterocycles. The third kappa shape index (κ3) is 4.28. The van der Waals surface area contributed by atoms with E-state index in [1.807, 2.05) is 30.3 Å². The minimum absolute atomic E-state index is 0.233. The van der Waals surface area contributed by atoms with Gasteiger partial charge in [-0.1, -0.05) is 18.2 Å². The number of fused-ring (bicyclic) bond motifs is 1. The van der Waals surface area contributed by atoms with E-state index < -0.39 is 12.1 Å². The lowest BCUT2D eigenvalue weighted by Gasteiger charge is -2.35. The molecule has 158 valence electrons. The minimum Gasteiger partial charge on any atom is -0.477 e. The van der Waals surface area contributed by atoms with Gasteiger partial charge in [0.15, 0.2) is 17.7 Å². The summed E-state index contributed by atoms with van der Waals surface area (Å²) in [6, 6.07) is 18.8. The number of nitrogen functional groups attached to an aromatic ring is 1. The predicted molar refractivity (Wildman–Crippen MR) is 117 cm³/mol. The molecule has 0 bridgehead atoms. The molecule has 2 unspecified atom stereocenters. The summed E-state index contributed by atoms with van der Waals surface area (Å²) in [7, 11) is 0. The number of nitrogens with one attached hydrogen (secondary N) is 1. The van der Waals surface area contributed by atoms with Crippen molar-refractivity contribution in [1.82, 2.24) is 4.98 Å². The van der Waals surface area contributed by atoms with Crippen LogP contribution in [0.3, 0.4) is 0 Å². The number of aromatic nitrogens is 1. The summed E-state index contributed by atoms with van der Waals surface area (Å²) >= 11 is 0. The minimum atomic E-state index is -0.827. The number of ether oxygens (including phenoxy) is 2. The van der Waals surface area contributed by atoms with Gasteiger partial charge in [-0.25, -0.2) is 4.98 Å². The number of carbonyl (C=O) groups is 2. The summed E-state index contributed by atoms with van der Waals surface area (Å²) in [6.07, 6.45) is -0.734. The van der Waals surface area contributed by atoms with Gasteiger partial charge in [0.25, 0.3) is 5.91 Å². The van der Waals surface area contributed by atoms with Crippen molar-refractivity contribution in [3.63, 3.8) is 0 Å². The zero-order valence-electron chi connectivity index (χ0n) is 17.1. The standard InChI is InChI=1S/C23H22N4O4/c1-14(27-21-19(12-13-20(24)26-21)30-15(2)23(27)29)22(28)25-16-8-10-18(11-9-16)31-17-6-4-3-5-7-17/h3-15H,1-2H3,(H2,24,26)(H,25,28). The van der Waals surface area contributed by atoms with E-state index in [9.17, 15) is 9.59 Å². The molecule has 4 rings (SSSR count). The Kier molecular flexibility index (Phi) is 5.44. The summed E-state index contributed by atoms with van der Waals surface area (Å²) in [6.45, 7) is 3.26. The zero-order valence-corrected chi connectivity index (χ0v) is 17.1. The van der Waals surface area contributed by atoms with Gasteiger partial charge in [-0.05, 0) is 62.4 Å². The summed E-state index contributed by atoms with van der Waals surface area (Å²) < 4.78 is 11.3. The second-order valence-corrected chi connectivity index (χ2v) is 7.13. The normalized spacial score (nSPS) is 16.1. The number of benzene rings is 2. The van der Waals surface area contributed by atoms with Crippen molar-refractivity contribution in [2.24, 2.45) is 0 Å². The van der Waals surface area contributed by atoms with Gasteiger partial charge in [-0.3, -0.25) is 14.5 Å². The number of nitrogens with two attached hydrogens (primary N) is 1. The number of anilines is 3. The summed E-state index contributed by atoms with van der Waals surface area (Å²) in [5.41, 5.74) is 6.35. The number of carbonyl (C=O) groups excluding carboxylic acids is 2. The molecule has 0 saturated heterocycles. The van der Waals surface area contributed by atoms with Crippen LogP contribution in [-0.4, -0.2) is 28.9 Å². The van der Waals surface area contributed by atoms with Gasteiger partial charge in [0.2, 0.25) is 5.91 Å². The summed E-state index contributed by atoms with van der Waals surface area (Å²) in [5.74, 6) is 1.51. The van der Waals surface area contributed by atoms with Crippen LogP contribution < -0.4 is 25.4 Å². The predicted octanol–water partition coefficient (Wildman–Crippen LogP) is 3.60. The van der Waals surface area contributed by atoms with Crippen LogP contribution in [0.2, 0.25) is 0 Å². The molecule has 0 spiro atoms. The van der Waals surface area contributed by atoms with Gasteiger partial charge in [0.05, 0.1) is 0 Å². The molecule has 0 radical (unpaired) electrons. The summed E-state index contributed by atoms with van der Waals surface area (Å²) in [4.78, 5) is 31.2. The third-order valence-electron chi connectivity index (χ3n) is 4.85. The first-order valence-corrected chi connectivity index (χ1v) is 9.82. The molecule has 31 heavy (non-hydrogen) atoms. The maximum atomic E-state index is 12.9. The molecule has 0 saturated carbocycles. The Bertz CT molecular complexity index is 1100. The topological polar surface area (TPSA) is 107 Å². The summed E-state index contributed by atoms with van der Waals surface area (Å²) in [5, 5.41) is 2.82. The largest absolute Gasteiger partial charge is 0.477 e. The van der Waals surface area contributed by atoms with Crippen LogP contribution >= 0.6 is 0 Å². The molecule has 3 N–H and O–H groups in total. The number of amides is 2. The first-order valence-electron chi connectivity index (χ1n) is 9.82. The fraction of sp³-hybridized carbons (Fsp3) is 0.174. The monoisotopic (exact) mass is 418 g/mol. The van der Waals surface area contributed by atoms with Crippen LogP contribution in [0.1, 0.15) is 13.8 Å². The molecular weight excluding hydrogens is 396 g/mol. The van der Waals surface area contributed by atoms with E-state index in [4.69, 9.17) is 15.2 Å². The number of hydrogen-bond donors (Lipinski definition) is 2. The molecule has 3 aromatic rings. The van der Waals surface area contributed by atoms with Gasteiger partial charge in [0.1, 0.15) is 23.4 Å². The van der Waals surface area contributed by atoms with E-state index in [0.717, 1.165) is 5.75 Å². The lowest BCUT2D eigenvalue weighted by Crippen LogP contribution is -2.53.